The van der Waals surface area contributed by atoms with Crippen LogP contribution in [-0.2, 0) is 14.3 Å². The molecule has 104 valence electrons. The van der Waals surface area contributed by atoms with Crippen molar-refractivity contribution >= 4 is 11.8 Å². The Kier molecular flexibility index (Phi) is 5.55. The van der Waals surface area contributed by atoms with Crippen molar-refractivity contribution in [2.75, 3.05) is 40.9 Å². The lowest BCUT2D eigenvalue weighted by atomic mass is 9.95. The van der Waals surface area contributed by atoms with Crippen molar-refractivity contribution in [3.05, 3.63) is 0 Å². The number of piperidine rings is 1. The van der Waals surface area contributed by atoms with Crippen molar-refractivity contribution in [3.8, 4) is 0 Å². The zero-order valence-electron chi connectivity index (χ0n) is 11.4. The number of methoxy groups -OCH3 is 1. The SMILES string of the molecule is COCC(N)C(=O)N1CCC(C(=O)N(C)C)CC1. The largest absolute Gasteiger partial charge is 0.383 e. The van der Waals surface area contributed by atoms with Gasteiger partial charge in [0.25, 0.3) is 0 Å². The van der Waals surface area contributed by atoms with Crippen LogP contribution in [0, 0.1) is 5.92 Å². The third kappa shape index (κ3) is 3.68. The van der Waals surface area contributed by atoms with Gasteiger partial charge in [-0.25, -0.2) is 0 Å². The van der Waals surface area contributed by atoms with E-state index in [-0.39, 0.29) is 24.3 Å². The van der Waals surface area contributed by atoms with Crippen LogP contribution in [0.3, 0.4) is 0 Å². The molecule has 0 aromatic carbocycles. The van der Waals surface area contributed by atoms with Crippen LogP contribution >= 0.6 is 0 Å². The Hall–Kier alpha value is -1.14. The minimum absolute atomic E-state index is 0.0303. The van der Waals surface area contributed by atoms with E-state index in [2.05, 4.69) is 0 Å². The van der Waals surface area contributed by atoms with Gasteiger partial charge in [0, 0.05) is 40.2 Å². The summed E-state index contributed by atoms with van der Waals surface area (Å²) in [4.78, 5) is 27.0. The number of ether oxygens (including phenoxy) is 1. The van der Waals surface area contributed by atoms with Crippen molar-refractivity contribution in [3.63, 3.8) is 0 Å². The molecule has 0 radical (unpaired) electrons. The van der Waals surface area contributed by atoms with Crippen LogP contribution in [0.5, 0.6) is 0 Å². The number of hydrogen-bond donors (Lipinski definition) is 1. The number of rotatable bonds is 4. The highest BCUT2D eigenvalue weighted by Gasteiger charge is 2.29. The molecule has 0 aromatic heterocycles. The fourth-order valence-electron chi connectivity index (χ4n) is 2.20. The Morgan fingerprint density at radius 2 is 1.94 bits per heavy atom. The maximum atomic E-state index is 11.9. The summed E-state index contributed by atoms with van der Waals surface area (Å²) in [5.41, 5.74) is 5.71. The van der Waals surface area contributed by atoms with Gasteiger partial charge in [-0.2, -0.15) is 0 Å². The Bertz CT molecular complexity index is 299. The second kappa shape index (κ2) is 6.70. The fraction of sp³-hybridized carbons (Fsp3) is 0.833. The molecule has 6 nitrogen and oxygen atoms in total. The van der Waals surface area contributed by atoms with E-state index in [0.717, 1.165) is 0 Å². The minimum Gasteiger partial charge on any atom is -0.383 e. The number of hydrogen-bond acceptors (Lipinski definition) is 4. The summed E-state index contributed by atoms with van der Waals surface area (Å²) in [6.07, 6.45) is 1.42. The van der Waals surface area contributed by atoms with Gasteiger partial charge in [0.05, 0.1) is 6.61 Å². The normalized spacial score (nSPS) is 18.6. The smallest absolute Gasteiger partial charge is 0.241 e. The lowest BCUT2D eigenvalue weighted by Gasteiger charge is -2.33. The second-order valence-electron chi connectivity index (χ2n) is 4.89. The number of likely N-dealkylation sites (tertiary alicyclic amines) is 1. The van der Waals surface area contributed by atoms with Crippen LogP contribution in [0.15, 0.2) is 0 Å². The molecule has 0 aromatic rings. The quantitative estimate of drug-likeness (QED) is 0.721. The maximum absolute atomic E-state index is 11.9. The van der Waals surface area contributed by atoms with Crippen molar-refractivity contribution in [1.82, 2.24) is 9.80 Å². The third-order valence-electron chi connectivity index (χ3n) is 3.26. The molecule has 2 N–H and O–H groups in total. The number of carbonyl (C=O) groups excluding carboxylic acids is 2. The summed E-state index contributed by atoms with van der Waals surface area (Å²) in [6.45, 7) is 1.43. The summed E-state index contributed by atoms with van der Waals surface area (Å²) >= 11 is 0. The van der Waals surface area contributed by atoms with Gasteiger partial charge in [-0.3, -0.25) is 9.59 Å². The summed E-state index contributed by atoms with van der Waals surface area (Å²) in [5.74, 6) is 0.0820. The number of amides is 2. The van der Waals surface area contributed by atoms with Gasteiger partial charge in [0.15, 0.2) is 0 Å². The van der Waals surface area contributed by atoms with Crippen LogP contribution in [-0.4, -0.2) is 68.6 Å². The molecule has 1 aliphatic heterocycles. The van der Waals surface area contributed by atoms with Gasteiger partial charge in [-0.15, -0.1) is 0 Å². The summed E-state index contributed by atoms with van der Waals surface area (Å²) < 4.78 is 4.87. The van der Waals surface area contributed by atoms with E-state index in [1.807, 2.05) is 0 Å². The molecule has 6 heteroatoms. The van der Waals surface area contributed by atoms with Gasteiger partial charge >= 0.3 is 0 Å². The van der Waals surface area contributed by atoms with Gasteiger partial charge < -0.3 is 20.3 Å². The first-order chi connectivity index (χ1) is 8.47. The van der Waals surface area contributed by atoms with E-state index in [1.54, 1.807) is 23.9 Å². The molecule has 1 aliphatic rings. The second-order valence-corrected chi connectivity index (χ2v) is 4.89. The molecule has 1 fully saturated rings. The number of nitrogens with zero attached hydrogens (tertiary/aromatic N) is 2. The monoisotopic (exact) mass is 257 g/mol. The number of nitrogens with two attached hydrogens (primary N) is 1. The van der Waals surface area contributed by atoms with Crippen LogP contribution in [0.25, 0.3) is 0 Å². The van der Waals surface area contributed by atoms with Gasteiger partial charge in [0.2, 0.25) is 11.8 Å². The average molecular weight is 257 g/mol. The third-order valence-corrected chi connectivity index (χ3v) is 3.26. The van der Waals surface area contributed by atoms with Crippen LogP contribution in [0.4, 0.5) is 0 Å². The standard InChI is InChI=1S/C12H23N3O3/c1-14(2)11(16)9-4-6-15(7-5-9)12(17)10(13)8-18-3/h9-10H,4-8,13H2,1-3H3. The van der Waals surface area contributed by atoms with E-state index in [0.29, 0.717) is 25.9 Å². The molecule has 1 saturated heterocycles. The molecule has 1 unspecified atom stereocenters. The first-order valence-corrected chi connectivity index (χ1v) is 6.21. The molecular weight excluding hydrogens is 234 g/mol. The van der Waals surface area contributed by atoms with Gasteiger partial charge in [-0.05, 0) is 12.8 Å². The highest BCUT2D eigenvalue weighted by atomic mass is 16.5. The molecule has 0 saturated carbocycles. The highest BCUT2D eigenvalue weighted by molar-refractivity contribution is 5.82. The van der Waals surface area contributed by atoms with E-state index in [1.165, 1.54) is 7.11 Å². The molecule has 0 bridgehead atoms. The minimum atomic E-state index is -0.601. The van der Waals surface area contributed by atoms with Gasteiger partial charge in [-0.1, -0.05) is 0 Å². The van der Waals surface area contributed by atoms with Crippen molar-refractivity contribution in [2.45, 2.75) is 18.9 Å². The lowest BCUT2D eigenvalue weighted by Crippen LogP contribution is -2.50. The van der Waals surface area contributed by atoms with E-state index >= 15 is 0 Å². The molecule has 18 heavy (non-hydrogen) atoms. The topological polar surface area (TPSA) is 75.9 Å². The Balaban J connectivity index is 2.44. The molecule has 0 aliphatic carbocycles. The lowest BCUT2D eigenvalue weighted by molar-refractivity contribution is -0.140. The fourth-order valence-corrected chi connectivity index (χ4v) is 2.20. The van der Waals surface area contributed by atoms with Crippen LogP contribution in [0.1, 0.15) is 12.8 Å². The van der Waals surface area contributed by atoms with Crippen molar-refractivity contribution < 1.29 is 14.3 Å². The van der Waals surface area contributed by atoms with E-state index < -0.39 is 6.04 Å². The Morgan fingerprint density at radius 3 is 2.39 bits per heavy atom. The van der Waals surface area contributed by atoms with Gasteiger partial charge in [0.1, 0.15) is 6.04 Å². The highest BCUT2D eigenvalue weighted by Crippen LogP contribution is 2.19. The summed E-state index contributed by atoms with van der Waals surface area (Å²) in [5, 5.41) is 0. The number of carbonyl (C=O) groups is 2. The Labute approximate surface area is 108 Å². The molecule has 1 rings (SSSR count). The first-order valence-electron chi connectivity index (χ1n) is 6.21. The molecule has 1 heterocycles. The molecule has 2 amide bonds. The maximum Gasteiger partial charge on any atom is 0.241 e. The van der Waals surface area contributed by atoms with E-state index in [9.17, 15) is 9.59 Å². The van der Waals surface area contributed by atoms with Crippen LogP contribution < -0.4 is 5.73 Å². The predicted octanol–water partition coefficient (Wildman–Crippen LogP) is -0.713. The zero-order chi connectivity index (χ0) is 13.7. The van der Waals surface area contributed by atoms with Crippen molar-refractivity contribution in [2.24, 2.45) is 11.7 Å². The molecule has 1 atom stereocenters. The summed E-state index contributed by atoms with van der Waals surface area (Å²) in [7, 11) is 5.04. The van der Waals surface area contributed by atoms with E-state index in [4.69, 9.17) is 10.5 Å². The van der Waals surface area contributed by atoms with Crippen LogP contribution in [0.2, 0.25) is 0 Å². The van der Waals surface area contributed by atoms with Crippen molar-refractivity contribution in [1.29, 1.82) is 0 Å². The predicted molar refractivity (Wildman–Crippen MR) is 67.8 cm³/mol. The average Bonchev–Trinajstić information content (AvgIpc) is 2.37. The first kappa shape index (κ1) is 14.9. The molecular formula is C12H23N3O3. The summed E-state index contributed by atoms with van der Waals surface area (Å²) in [6, 6.07) is -0.601. The Morgan fingerprint density at radius 1 is 1.39 bits per heavy atom. The molecule has 0 spiro atoms. The zero-order valence-corrected chi connectivity index (χ0v) is 11.4.